The number of morpholine rings is 1. The fourth-order valence-corrected chi connectivity index (χ4v) is 2.36. The van der Waals surface area contributed by atoms with Gasteiger partial charge in [0.2, 0.25) is 0 Å². The number of likely N-dealkylation sites (N-methyl/N-ethyl adjacent to an activating group) is 1. The largest absolute Gasteiger partial charge is 0.377 e. The molecule has 1 saturated heterocycles. The molecule has 0 amide bonds. The summed E-state index contributed by atoms with van der Waals surface area (Å²) in [7, 11) is 2.01. The Bertz CT molecular complexity index is 513. The van der Waals surface area contributed by atoms with E-state index in [1.807, 2.05) is 7.05 Å². The molecule has 0 aliphatic carbocycles. The van der Waals surface area contributed by atoms with E-state index in [4.69, 9.17) is 27.9 Å². The molecule has 1 heterocycles. The van der Waals surface area contributed by atoms with E-state index in [0.29, 0.717) is 18.8 Å². The second-order valence-electron chi connectivity index (χ2n) is 4.68. The summed E-state index contributed by atoms with van der Waals surface area (Å²) in [5, 5.41) is 14.5. The Labute approximate surface area is 126 Å². The van der Waals surface area contributed by atoms with Crippen molar-refractivity contribution < 1.29 is 9.66 Å². The van der Waals surface area contributed by atoms with Crippen molar-refractivity contribution in [2.45, 2.75) is 6.10 Å². The van der Waals surface area contributed by atoms with Crippen LogP contribution in [0.1, 0.15) is 0 Å². The van der Waals surface area contributed by atoms with Gasteiger partial charge in [-0.05, 0) is 13.1 Å². The molecule has 0 spiro atoms. The molecule has 0 bridgehead atoms. The molecule has 0 radical (unpaired) electrons. The van der Waals surface area contributed by atoms with Crippen molar-refractivity contribution in [2.24, 2.45) is 0 Å². The molecule has 1 aromatic carbocycles. The molecular formula is C12H15Cl2N3O3. The van der Waals surface area contributed by atoms with Gasteiger partial charge in [-0.2, -0.15) is 0 Å². The first kappa shape index (κ1) is 15.3. The minimum atomic E-state index is -0.488. The third-order valence-electron chi connectivity index (χ3n) is 3.10. The maximum Gasteiger partial charge on any atom is 0.293 e. The van der Waals surface area contributed by atoms with E-state index in [2.05, 4.69) is 10.2 Å². The lowest BCUT2D eigenvalue weighted by Gasteiger charge is -2.30. The highest BCUT2D eigenvalue weighted by Gasteiger charge is 2.21. The Balaban J connectivity index is 2.08. The van der Waals surface area contributed by atoms with Gasteiger partial charge in [0.15, 0.2) is 0 Å². The molecule has 1 atom stereocenters. The van der Waals surface area contributed by atoms with Gasteiger partial charge in [-0.25, -0.2) is 0 Å². The van der Waals surface area contributed by atoms with Crippen molar-refractivity contribution in [3.63, 3.8) is 0 Å². The van der Waals surface area contributed by atoms with Crippen LogP contribution < -0.4 is 5.32 Å². The fraction of sp³-hybridized carbons (Fsp3) is 0.500. The Morgan fingerprint density at radius 1 is 1.50 bits per heavy atom. The first-order valence-electron chi connectivity index (χ1n) is 6.15. The molecule has 8 heteroatoms. The zero-order valence-electron chi connectivity index (χ0n) is 10.9. The van der Waals surface area contributed by atoms with Crippen LogP contribution >= 0.6 is 23.2 Å². The molecule has 0 saturated carbocycles. The maximum absolute atomic E-state index is 11.0. The lowest BCUT2D eigenvalue weighted by Crippen LogP contribution is -2.43. The van der Waals surface area contributed by atoms with Crippen LogP contribution in [0.3, 0.4) is 0 Å². The zero-order valence-corrected chi connectivity index (χ0v) is 12.4. The van der Waals surface area contributed by atoms with Gasteiger partial charge in [0, 0.05) is 25.7 Å². The van der Waals surface area contributed by atoms with Gasteiger partial charge in [-0.1, -0.05) is 23.2 Å². The van der Waals surface area contributed by atoms with Crippen molar-refractivity contribution in [1.29, 1.82) is 0 Å². The van der Waals surface area contributed by atoms with E-state index < -0.39 is 4.92 Å². The number of benzene rings is 1. The number of hydrogen-bond acceptors (Lipinski definition) is 5. The minimum absolute atomic E-state index is 0.0113. The smallest absolute Gasteiger partial charge is 0.293 e. The lowest BCUT2D eigenvalue weighted by molar-refractivity contribution is -0.383. The Morgan fingerprint density at radius 3 is 2.85 bits per heavy atom. The number of rotatable bonds is 4. The standard InChI is InChI=1S/C12H15Cl2N3O3/c1-16-2-3-20-8(7-16)6-15-11-4-9(13)10(14)5-12(11)17(18)19/h4-5,8,15H,2-3,6-7H2,1H3. The normalized spacial score (nSPS) is 19.9. The van der Waals surface area contributed by atoms with Crippen molar-refractivity contribution in [1.82, 2.24) is 4.90 Å². The highest BCUT2D eigenvalue weighted by atomic mass is 35.5. The number of nitrogens with zero attached hydrogens (tertiary/aromatic N) is 2. The van der Waals surface area contributed by atoms with Gasteiger partial charge in [0.1, 0.15) is 5.69 Å². The maximum atomic E-state index is 11.0. The SMILES string of the molecule is CN1CCOC(CNc2cc(Cl)c(Cl)cc2[N+](=O)[O-])C1. The quantitative estimate of drug-likeness (QED) is 0.682. The number of nitrogens with one attached hydrogen (secondary N) is 1. The van der Waals surface area contributed by atoms with Crippen LogP contribution in [0.25, 0.3) is 0 Å². The average molecular weight is 320 g/mol. The van der Waals surface area contributed by atoms with Crippen molar-refractivity contribution in [2.75, 3.05) is 38.6 Å². The topological polar surface area (TPSA) is 67.6 Å². The lowest BCUT2D eigenvalue weighted by atomic mass is 10.2. The molecule has 1 aromatic rings. The number of halogens is 2. The molecule has 1 unspecified atom stereocenters. The Morgan fingerprint density at radius 2 is 2.20 bits per heavy atom. The molecule has 110 valence electrons. The summed E-state index contributed by atoms with van der Waals surface area (Å²) >= 11 is 11.7. The van der Waals surface area contributed by atoms with Gasteiger partial charge in [-0.3, -0.25) is 10.1 Å². The van der Waals surface area contributed by atoms with E-state index in [9.17, 15) is 10.1 Å². The molecule has 1 fully saturated rings. The number of hydrogen-bond donors (Lipinski definition) is 1. The zero-order chi connectivity index (χ0) is 14.7. The van der Waals surface area contributed by atoms with Gasteiger partial charge < -0.3 is 15.0 Å². The number of anilines is 1. The highest BCUT2D eigenvalue weighted by molar-refractivity contribution is 6.42. The summed E-state index contributed by atoms with van der Waals surface area (Å²) in [6.07, 6.45) is -0.0113. The van der Waals surface area contributed by atoms with E-state index in [1.165, 1.54) is 12.1 Å². The average Bonchev–Trinajstić information content (AvgIpc) is 2.39. The second kappa shape index (κ2) is 6.58. The number of ether oxygens (including phenoxy) is 1. The fourth-order valence-electron chi connectivity index (χ4n) is 2.04. The number of nitro groups is 1. The van der Waals surface area contributed by atoms with Crippen LogP contribution in [0.5, 0.6) is 0 Å². The Hall–Kier alpha value is -1.08. The van der Waals surface area contributed by atoms with Crippen LogP contribution in [0, 0.1) is 10.1 Å². The van der Waals surface area contributed by atoms with Crippen LogP contribution in [0.2, 0.25) is 10.0 Å². The van der Waals surface area contributed by atoms with Crippen LogP contribution in [0.15, 0.2) is 12.1 Å². The van der Waals surface area contributed by atoms with Crippen LogP contribution in [-0.4, -0.2) is 49.2 Å². The molecule has 0 aromatic heterocycles. The summed E-state index contributed by atoms with van der Waals surface area (Å²) in [5.41, 5.74) is 0.254. The van der Waals surface area contributed by atoms with Crippen molar-refractivity contribution >= 4 is 34.6 Å². The van der Waals surface area contributed by atoms with Gasteiger partial charge in [0.05, 0.1) is 27.7 Å². The third kappa shape index (κ3) is 3.73. The molecule has 20 heavy (non-hydrogen) atoms. The molecule has 1 aliphatic rings. The summed E-state index contributed by atoms with van der Waals surface area (Å²) in [6.45, 7) is 2.81. The molecule has 6 nitrogen and oxygen atoms in total. The summed E-state index contributed by atoms with van der Waals surface area (Å²) in [4.78, 5) is 12.7. The first-order valence-corrected chi connectivity index (χ1v) is 6.90. The first-order chi connectivity index (χ1) is 9.47. The summed E-state index contributed by atoms with van der Waals surface area (Å²) in [6, 6.07) is 2.72. The van der Waals surface area contributed by atoms with Crippen LogP contribution in [0.4, 0.5) is 11.4 Å². The third-order valence-corrected chi connectivity index (χ3v) is 3.82. The predicted molar refractivity (Wildman–Crippen MR) is 78.8 cm³/mol. The van der Waals surface area contributed by atoms with Gasteiger partial charge >= 0.3 is 0 Å². The predicted octanol–water partition coefficient (Wildman–Crippen LogP) is 2.64. The van der Waals surface area contributed by atoms with E-state index in [1.54, 1.807) is 0 Å². The summed E-state index contributed by atoms with van der Waals surface area (Å²) in [5.74, 6) is 0. The van der Waals surface area contributed by atoms with Gasteiger partial charge in [0.25, 0.3) is 5.69 Å². The van der Waals surface area contributed by atoms with E-state index >= 15 is 0 Å². The van der Waals surface area contributed by atoms with E-state index in [0.717, 1.165) is 13.1 Å². The molecular weight excluding hydrogens is 305 g/mol. The van der Waals surface area contributed by atoms with Crippen molar-refractivity contribution in [3.8, 4) is 0 Å². The molecule has 1 aliphatic heterocycles. The monoisotopic (exact) mass is 319 g/mol. The molecule has 1 N–H and O–H groups in total. The minimum Gasteiger partial charge on any atom is -0.377 e. The second-order valence-corrected chi connectivity index (χ2v) is 5.49. The van der Waals surface area contributed by atoms with Crippen LogP contribution in [-0.2, 0) is 4.74 Å². The highest BCUT2D eigenvalue weighted by Crippen LogP contribution is 2.33. The molecule has 2 rings (SSSR count). The van der Waals surface area contributed by atoms with Gasteiger partial charge in [-0.15, -0.1) is 0 Å². The summed E-state index contributed by atoms with van der Waals surface area (Å²) < 4.78 is 5.59. The van der Waals surface area contributed by atoms with E-state index in [-0.39, 0.29) is 21.8 Å². The van der Waals surface area contributed by atoms with Crippen molar-refractivity contribution in [3.05, 3.63) is 32.3 Å². The number of nitro benzene ring substituents is 1. The Kier molecular flexibility index (Phi) is 5.04.